The molecule has 0 radical (unpaired) electrons. The summed E-state index contributed by atoms with van der Waals surface area (Å²) in [4.78, 5) is 12.3. The quantitative estimate of drug-likeness (QED) is 0.853. The molecule has 0 saturated heterocycles. The van der Waals surface area contributed by atoms with Crippen LogP contribution in [0.4, 0.5) is 11.4 Å². The van der Waals surface area contributed by atoms with Gasteiger partial charge in [0.25, 0.3) is 0 Å². The summed E-state index contributed by atoms with van der Waals surface area (Å²) in [6.45, 7) is 0. The maximum atomic E-state index is 12.0. The van der Waals surface area contributed by atoms with Gasteiger partial charge in [-0.25, -0.2) is 0 Å². The summed E-state index contributed by atoms with van der Waals surface area (Å²) >= 11 is 5.82. The Morgan fingerprint density at radius 3 is 2.55 bits per heavy atom. The molecule has 0 aliphatic heterocycles. The van der Waals surface area contributed by atoms with Gasteiger partial charge in [0.2, 0.25) is 5.91 Å². The van der Waals surface area contributed by atoms with Crippen molar-refractivity contribution in [3.05, 3.63) is 53.6 Å². The molecule has 2 aromatic carbocycles. The van der Waals surface area contributed by atoms with E-state index in [4.69, 9.17) is 17.3 Å². The Labute approximate surface area is 124 Å². The number of rotatable bonds is 4. The lowest BCUT2D eigenvalue weighted by Gasteiger charge is -2.06. The smallest absolute Gasteiger partial charge is 0.237 e. The molecule has 6 heteroatoms. The van der Waals surface area contributed by atoms with Crippen LogP contribution in [0.15, 0.2) is 53.4 Å². The fourth-order valence-corrected chi connectivity index (χ4v) is 2.80. The minimum absolute atomic E-state index is 0.120. The van der Waals surface area contributed by atoms with Crippen LogP contribution in [0.3, 0.4) is 0 Å². The van der Waals surface area contributed by atoms with Crippen LogP contribution in [0.1, 0.15) is 0 Å². The maximum absolute atomic E-state index is 12.0. The number of benzene rings is 2. The van der Waals surface area contributed by atoms with E-state index in [-0.39, 0.29) is 11.7 Å². The normalized spacial score (nSPS) is 11.8. The molecule has 4 nitrogen and oxygen atoms in total. The van der Waals surface area contributed by atoms with E-state index in [0.29, 0.717) is 21.3 Å². The van der Waals surface area contributed by atoms with E-state index in [2.05, 4.69) is 5.32 Å². The van der Waals surface area contributed by atoms with Crippen molar-refractivity contribution in [2.75, 3.05) is 16.8 Å². The van der Waals surface area contributed by atoms with E-state index in [9.17, 15) is 9.00 Å². The molecule has 0 aromatic heterocycles. The first kappa shape index (κ1) is 14.6. The van der Waals surface area contributed by atoms with Gasteiger partial charge in [-0.15, -0.1) is 0 Å². The highest BCUT2D eigenvalue weighted by molar-refractivity contribution is 7.85. The van der Waals surface area contributed by atoms with Gasteiger partial charge in [-0.3, -0.25) is 9.00 Å². The lowest BCUT2D eigenvalue weighted by Crippen LogP contribution is -2.19. The third kappa shape index (κ3) is 4.08. The zero-order chi connectivity index (χ0) is 14.5. The topological polar surface area (TPSA) is 72.2 Å². The summed E-state index contributed by atoms with van der Waals surface area (Å²) in [6.07, 6.45) is 0. The van der Waals surface area contributed by atoms with Crippen LogP contribution in [0.25, 0.3) is 0 Å². The van der Waals surface area contributed by atoms with E-state index >= 15 is 0 Å². The number of halogens is 1. The van der Waals surface area contributed by atoms with E-state index in [1.807, 2.05) is 0 Å². The molecule has 2 rings (SSSR count). The highest BCUT2D eigenvalue weighted by atomic mass is 35.5. The monoisotopic (exact) mass is 308 g/mol. The zero-order valence-electron chi connectivity index (χ0n) is 10.5. The van der Waals surface area contributed by atoms with Crippen LogP contribution in [0.2, 0.25) is 5.02 Å². The molecule has 104 valence electrons. The van der Waals surface area contributed by atoms with E-state index in [1.165, 1.54) is 0 Å². The zero-order valence-corrected chi connectivity index (χ0v) is 12.1. The molecule has 0 heterocycles. The van der Waals surface area contributed by atoms with Gasteiger partial charge in [0.1, 0.15) is 5.75 Å². The molecule has 20 heavy (non-hydrogen) atoms. The number of carbonyl (C=O) groups excluding carboxylic acids is 1. The number of nitrogens with one attached hydrogen (secondary N) is 1. The number of carbonyl (C=O) groups is 1. The standard InChI is InChI=1S/C14H13ClN2O2S/c15-10-2-1-3-13(8-10)20(19)9-14(18)17-12-6-4-11(16)5-7-12/h1-8H,9,16H2,(H,17,18). The van der Waals surface area contributed by atoms with Gasteiger partial charge >= 0.3 is 0 Å². The Morgan fingerprint density at radius 2 is 1.90 bits per heavy atom. The fourth-order valence-electron chi connectivity index (χ4n) is 1.57. The first-order chi connectivity index (χ1) is 9.54. The second-order valence-electron chi connectivity index (χ2n) is 4.12. The number of amides is 1. The first-order valence-corrected chi connectivity index (χ1v) is 7.53. The Morgan fingerprint density at radius 1 is 1.20 bits per heavy atom. The van der Waals surface area contributed by atoms with Crippen LogP contribution in [-0.4, -0.2) is 15.9 Å². The third-order valence-corrected chi connectivity index (χ3v) is 4.05. The van der Waals surface area contributed by atoms with Gasteiger partial charge in [0.05, 0.1) is 10.8 Å². The van der Waals surface area contributed by atoms with E-state index in [0.717, 1.165) is 0 Å². The van der Waals surface area contributed by atoms with Crippen molar-refractivity contribution in [1.29, 1.82) is 0 Å². The molecule has 0 spiro atoms. The molecule has 1 amide bonds. The van der Waals surface area contributed by atoms with Crippen molar-refractivity contribution in [2.45, 2.75) is 4.90 Å². The summed E-state index contributed by atoms with van der Waals surface area (Å²) in [5.41, 5.74) is 6.79. The first-order valence-electron chi connectivity index (χ1n) is 5.84. The van der Waals surface area contributed by atoms with Gasteiger partial charge in [0, 0.05) is 21.3 Å². The third-order valence-electron chi connectivity index (χ3n) is 2.52. The molecule has 2 aromatic rings. The van der Waals surface area contributed by atoms with Crippen LogP contribution < -0.4 is 11.1 Å². The SMILES string of the molecule is Nc1ccc(NC(=O)CS(=O)c2cccc(Cl)c2)cc1. The average molecular weight is 309 g/mol. The Kier molecular flexibility index (Phi) is 4.76. The number of hydrogen-bond donors (Lipinski definition) is 2. The van der Waals surface area contributed by atoms with Gasteiger partial charge in [-0.2, -0.15) is 0 Å². The Balaban J connectivity index is 1.97. The van der Waals surface area contributed by atoms with Gasteiger partial charge in [-0.05, 0) is 42.5 Å². The molecule has 0 bridgehead atoms. The molecule has 0 saturated carbocycles. The largest absolute Gasteiger partial charge is 0.399 e. The van der Waals surface area contributed by atoms with Crippen molar-refractivity contribution >= 4 is 39.7 Å². The van der Waals surface area contributed by atoms with Crippen LogP contribution >= 0.6 is 11.6 Å². The predicted octanol–water partition coefficient (Wildman–Crippen LogP) is 2.67. The second kappa shape index (κ2) is 6.54. The van der Waals surface area contributed by atoms with Crippen LogP contribution in [0.5, 0.6) is 0 Å². The van der Waals surface area contributed by atoms with Gasteiger partial charge < -0.3 is 11.1 Å². The Bertz CT molecular complexity index is 644. The van der Waals surface area contributed by atoms with Crippen LogP contribution in [-0.2, 0) is 15.6 Å². The highest BCUT2D eigenvalue weighted by Gasteiger charge is 2.10. The number of hydrogen-bond acceptors (Lipinski definition) is 3. The molecule has 0 aliphatic carbocycles. The van der Waals surface area contributed by atoms with Crippen molar-refractivity contribution in [3.63, 3.8) is 0 Å². The van der Waals surface area contributed by atoms with Gasteiger partial charge in [0.15, 0.2) is 0 Å². The van der Waals surface area contributed by atoms with Crippen molar-refractivity contribution < 1.29 is 9.00 Å². The number of nitrogens with two attached hydrogens (primary N) is 1. The van der Waals surface area contributed by atoms with E-state index in [1.54, 1.807) is 48.5 Å². The second-order valence-corrected chi connectivity index (χ2v) is 6.00. The molecule has 1 atom stereocenters. The van der Waals surface area contributed by atoms with Crippen molar-refractivity contribution in [1.82, 2.24) is 0 Å². The lowest BCUT2D eigenvalue weighted by atomic mass is 10.3. The molecular formula is C14H13ClN2O2S. The van der Waals surface area contributed by atoms with E-state index < -0.39 is 10.8 Å². The summed E-state index contributed by atoms with van der Waals surface area (Å²) < 4.78 is 12.0. The number of anilines is 2. The lowest BCUT2D eigenvalue weighted by molar-refractivity contribution is -0.113. The maximum Gasteiger partial charge on any atom is 0.237 e. The number of nitrogen functional groups attached to an aromatic ring is 1. The van der Waals surface area contributed by atoms with Gasteiger partial charge in [-0.1, -0.05) is 17.7 Å². The minimum Gasteiger partial charge on any atom is -0.399 e. The fraction of sp³-hybridized carbons (Fsp3) is 0.0714. The predicted molar refractivity (Wildman–Crippen MR) is 82.2 cm³/mol. The minimum atomic E-state index is -1.42. The molecular weight excluding hydrogens is 296 g/mol. The van der Waals surface area contributed by atoms with Crippen molar-refractivity contribution in [3.8, 4) is 0 Å². The van der Waals surface area contributed by atoms with Crippen molar-refractivity contribution in [2.24, 2.45) is 0 Å². The average Bonchev–Trinajstić information content (AvgIpc) is 2.41. The molecule has 3 N–H and O–H groups in total. The summed E-state index contributed by atoms with van der Waals surface area (Å²) in [5.74, 6) is -0.446. The summed E-state index contributed by atoms with van der Waals surface area (Å²) in [7, 11) is -1.42. The Hall–Kier alpha value is -1.85. The molecule has 1 unspecified atom stereocenters. The summed E-state index contributed by atoms with van der Waals surface area (Å²) in [5, 5.41) is 3.16. The summed E-state index contributed by atoms with van der Waals surface area (Å²) in [6, 6.07) is 13.4. The highest BCUT2D eigenvalue weighted by Crippen LogP contribution is 2.15. The molecule has 0 aliphatic rings. The molecule has 0 fully saturated rings. The van der Waals surface area contributed by atoms with Crippen LogP contribution in [0, 0.1) is 0 Å².